The van der Waals surface area contributed by atoms with Gasteiger partial charge >= 0.3 is 0 Å². The van der Waals surface area contributed by atoms with Gasteiger partial charge < -0.3 is 9.15 Å². The summed E-state index contributed by atoms with van der Waals surface area (Å²) in [7, 11) is 0. The Morgan fingerprint density at radius 2 is 2.12 bits per heavy atom. The van der Waals surface area contributed by atoms with E-state index in [1.165, 1.54) is 0 Å². The smallest absolute Gasteiger partial charge is 0.156 e. The highest BCUT2D eigenvalue weighted by Crippen LogP contribution is 2.28. The number of rotatable bonds is 4. The fourth-order valence-electron chi connectivity index (χ4n) is 2.49. The second-order valence-corrected chi connectivity index (χ2v) is 5.81. The van der Waals surface area contributed by atoms with E-state index in [4.69, 9.17) is 20.8 Å². The van der Waals surface area contributed by atoms with E-state index in [2.05, 4.69) is 10.1 Å². The van der Waals surface area contributed by atoms with Gasteiger partial charge in [-0.2, -0.15) is 5.10 Å². The lowest BCUT2D eigenvalue weighted by molar-refractivity contribution is 0.299. The fraction of sp³-hybridized carbons (Fsp3) is 0.111. The normalized spacial score (nSPS) is 11.1. The average Bonchev–Trinajstić information content (AvgIpc) is 3.23. The maximum atomic E-state index is 6.18. The number of nitrogens with zero attached hydrogens (tertiary/aromatic N) is 3. The zero-order chi connectivity index (χ0) is 16.5. The molecular formula is C18H14ClN3O2. The molecule has 120 valence electrons. The highest BCUT2D eigenvalue weighted by Gasteiger charge is 2.10. The van der Waals surface area contributed by atoms with Crippen molar-refractivity contribution in [1.29, 1.82) is 0 Å². The number of aromatic nitrogens is 3. The summed E-state index contributed by atoms with van der Waals surface area (Å²) in [5, 5.41) is 5.04. The Labute approximate surface area is 143 Å². The van der Waals surface area contributed by atoms with Crippen molar-refractivity contribution in [3.63, 3.8) is 0 Å². The molecule has 0 radical (unpaired) electrons. The number of furan rings is 1. The number of para-hydroxylation sites is 1. The molecule has 0 unspecified atom stereocenters. The van der Waals surface area contributed by atoms with E-state index >= 15 is 0 Å². The Balaban J connectivity index is 1.59. The van der Waals surface area contributed by atoms with Crippen LogP contribution in [0.1, 0.15) is 11.3 Å². The van der Waals surface area contributed by atoms with Crippen molar-refractivity contribution in [3.05, 3.63) is 71.2 Å². The number of ether oxygens (including phenoxy) is 1. The summed E-state index contributed by atoms with van der Waals surface area (Å²) in [5.41, 5.74) is 3.27. The molecule has 0 N–H and O–H groups in total. The van der Waals surface area contributed by atoms with Crippen LogP contribution in [-0.4, -0.2) is 14.6 Å². The molecule has 5 nitrogen and oxygen atoms in total. The van der Waals surface area contributed by atoms with Gasteiger partial charge in [0.05, 0.1) is 17.0 Å². The number of benzene rings is 1. The predicted molar refractivity (Wildman–Crippen MR) is 91.2 cm³/mol. The zero-order valence-corrected chi connectivity index (χ0v) is 13.7. The first-order valence-electron chi connectivity index (χ1n) is 7.48. The van der Waals surface area contributed by atoms with Gasteiger partial charge in [0.15, 0.2) is 11.4 Å². The van der Waals surface area contributed by atoms with E-state index < -0.39 is 0 Å². The number of aryl methyl sites for hydroxylation is 1. The van der Waals surface area contributed by atoms with Crippen molar-refractivity contribution in [3.8, 4) is 17.2 Å². The van der Waals surface area contributed by atoms with E-state index in [-0.39, 0.29) is 0 Å². The van der Waals surface area contributed by atoms with E-state index in [9.17, 15) is 0 Å². The molecule has 0 saturated carbocycles. The molecule has 0 bridgehead atoms. The molecule has 6 heteroatoms. The summed E-state index contributed by atoms with van der Waals surface area (Å²) < 4.78 is 12.9. The Kier molecular flexibility index (Phi) is 3.70. The summed E-state index contributed by atoms with van der Waals surface area (Å²) in [6, 6.07) is 13.1. The van der Waals surface area contributed by atoms with Crippen molar-refractivity contribution in [2.45, 2.75) is 13.5 Å². The molecule has 3 heterocycles. The van der Waals surface area contributed by atoms with E-state index in [1.807, 2.05) is 55.6 Å². The molecule has 0 spiro atoms. The first-order valence-corrected chi connectivity index (χ1v) is 7.85. The van der Waals surface area contributed by atoms with Crippen LogP contribution in [0, 0.1) is 6.92 Å². The van der Waals surface area contributed by atoms with Crippen LogP contribution >= 0.6 is 11.6 Å². The molecule has 0 aliphatic carbocycles. The van der Waals surface area contributed by atoms with E-state index in [1.54, 1.807) is 10.8 Å². The van der Waals surface area contributed by atoms with Gasteiger partial charge in [-0.15, -0.1) is 0 Å². The maximum Gasteiger partial charge on any atom is 0.156 e. The topological polar surface area (TPSA) is 52.6 Å². The summed E-state index contributed by atoms with van der Waals surface area (Å²) in [6.07, 6.45) is 3.48. The molecule has 0 atom stereocenters. The Hall–Kier alpha value is -2.79. The molecule has 0 aliphatic rings. The lowest BCUT2D eigenvalue weighted by Gasteiger charge is -2.10. The van der Waals surface area contributed by atoms with Crippen LogP contribution in [0.5, 0.6) is 5.75 Å². The third kappa shape index (κ3) is 2.74. The van der Waals surface area contributed by atoms with E-state index in [0.29, 0.717) is 23.1 Å². The van der Waals surface area contributed by atoms with Gasteiger partial charge in [0.2, 0.25) is 0 Å². The first kappa shape index (κ1) is 14.8. The van der Waals surface area contributed by atoms with Crippen LogP contribution in [0.2, 0.25) is 5.02 Å². The second-order valence-electron chi connectivity index (χ2n) is 5.40. The van der Waals surface area contributed by atoms with Crippen molar-refractivity contribution in [1.82, 2.24) is 14.6 Å². The number of hydrogen-bond acceptors (Lipinski definition) is 4. The molecule has 0 saturated heterocycles. The molecule has 4 rings (SSSR count). The minimum Gasteiger partial charge on any atom is -0.485 e. The molecular weight excluding hydrogens is 326 g/mol. The summed E-state index contributed by atoms with van der Waals surface area (Å²) >= 11 is 6.18. The summed E-state index contributed by atoms with van der Waals surface area (Å²) in [5.74, 6) is 1.40. The predicted octanol–water partition coefficient (Wildman–Crippen LogP) is 4.53. The number of halogens is 1. The van der Waals surface area contributed by atoms with Gasteiger partial charge in [-0.25, -0.2) is 9.50 Å². The van der Waals surface area contributed by atoms with Gasteiger partial charge in [-0.3, -0.25) is 0 Å². The highest BCUT2D eigenvalue weighted by atomic mass is 35.5. The van der Waals surface area contributed by atoms with Crippen LogP contribution in [0.4, 0.5) is 0 Å². The molecule has 0 fully saturated rings. The van der Waals surface area contributed by atoms with Crippen molar-refractivity contribution < 1.29 is 9.15 Å². The Morgan fingerprint density at radius 3 is 2.92 bits per heavy atom. The quantitative estimate of drug-likeness (QED) is 0.548. The lowest BCUT2D eigenvalue weighted by Crippen LogP contribution is -2.01. The number of fused-ring (bicyclic) bond motifs is 1. The standard InChI is InChI=1S/C18H14ClN3O2/c1-12-4-2-5-14(19)18(12)24-11-13-7-8-22-17(20-13)10-15(21-22)16-6-3-9-23-16/h2-10H,11H2,1H3. The van der Waals surface area contributed by atoms with Crippen LogP contribution in [-0.2, 0) is 6.61 Å². The molecule has 24 heavy (non-hydrogen) atoms. The SMILES string of the molecule is Cc1cccc(Cl)c1OCc1ccn2nc(-c3ccco3)cc2n1. The highest BCUT2D eigenvalue weighted by molar-refractivity contribution is 6.32. The van der Waals surface area contributed by atoms with Gasteiger partial charge in [-0.1, -0.05) is 23.7 Å². The first-order chi connectivity index (χ1) is 11.7. The zero-order valence-electron chi connectivity index (χ0n) is 12.9. The third-order valence-corrected chi connectivity index (χ3v) is 3.98. The van der Waals surface area contributed by atoms with Gasteiger partial charge in [0.1, 0.15) is 18.1 Å². The Morgan fingerprint density at radius 1 is 1.21 bits per heavy atom. The van der Waals surface area contributed by atoms with Crippen LogP contribution in [0.15, 0.2) is 59.3 Å². The Bertz CT molecular complexity index is 973. The fourth-order valence-corrected chi connectivity index (χ4v) is 2.77. The third-order valence-electron chi connectivity index (χ3n) is 3.68. The van der Waals surface area contributed by atoms with Crippen LogP contribution < -0.4 is 4.74 Å². The summed E-state index contributed by atoms with van der Waals surface area (Å²) in [4.78, 5) is 4.57. The monoisotopic (exact) mass is 339 g/mol. The molecule has 0 aliphatic heterocycles. The minimum atomic E-state index is 0.336. The minimum absolute atomic E-state index is 0.336. The molecule has 1 aromatic carbocycles. The number of hydrogen-bond donors (Lipinski definition) is 0. The maximum absolute atomic E-state index is 6.18. The van der Waals surface area contributed by atoms with Crippen LogP contribution in [0.25, 0.3) is 17.1 Å². The molecule has 0 amide bonds. The van der Waals surface area contributed by atoms with Crippen molar-refractivity contribution in [2.75, 3.05) is 0 Å². The van der Waals surface area contributed by atoms with Crippen molar-refractivity contribution >= 4 is 17.2 Å². The largest absolute Gasteiger partial charge is 0.485 e. The van der Waals surface area contributed by atoms with Gasteiger partial charge in [-0.05, 0) is 36.8 Å². The molecule has 3 aromatic heterocycles. The van der Waals surface area contributed by atoms with E-state index in [0.717, 1.165) is 22.6 Å². The van der Waals surface area contributed by atoms with Crippen molar-refractivity contribution in [2.24, 2.45) is 0 Å². The summed E-state index contributed by atoms with van der Waals surface area (Å²) in [6.45, 7) is 2.30. The second kappa shape index (κ2) is 6.02. The van der Waals surface area contributed by atoms with Crippen LogP contribution in [0.3, 0.4) is 0 Å². The average molecular weight is 340 g/mol. The van der Waals surface area contributed by atoms with Gasteiger partial charge in [0.25, 0.3) is 0 Å². The van der Waals surface area contributed by atoms with Gasteiger partial charge in [0, 0.05) is 12.3 Å². The molecule has 4 aromatic rings. The lowest BCUT2D eigenvalue weighted by atomic mass is 10.2.